The number of hydrogen-bond acceptors (Lipinski definition) is 2. The number of nitrogens with two attached hydrogens (primary N) is 1. The van der Waals surface area contributed by atoms with Crippen LogP contribution in [0.15, 0.2) is 36.5 Å². The first-order chi connectivity index (χ1) is 9.95. The van der Waals surface area contributed by atoms with Crippen LogP contribution in [0.4, 0.5) is 10.1 Å². The molecule has 21 heavy (non-hydrogen) atoms. The highest BCUT2D eigenvalue weighted by atomic mass is 35.5. The van der Waals surface area contributed by atoms with E-state index in [1.807, 2.05) is 0 Å². The number of fused-ring (bicyclic) bond motifs is 1. The van der Waals surface area contributed by atoms with Crippen LogP contribution in [0.1, 0.15) is 15.9 Å². The maximum atomic E-state index is 13.4. The molecule has 0 aliphatic carbocycles. The Balaban J connectivity index is 2.18. The molecule has 3 N–H and O–H groups in total. The highest BCUT2D eigenvalue weighted by Crippen LogP contribution is 2.31. The van der Waals surface area contributed by atoms with E-state index in [0.29, 0.717) is 26.5 Å². The molecular formula is C15H9Cl2FN2O. The van der Waals surface area contributed by atoms with E-state index >= 15 is 0 Å². The standard InChI is InChI=1S/C15H9Cl2FN2O/c16-8-3-12(17)14-11(6-20-13(14)4-8)15(21)7-1-9(18)5-10(19)2-7/h1-6,20H,19H2. The van der Waals surface area contributed by atoms with Gasteiger partial charge in [0.25, 0.3) is 0 Å². The van der Waals surface area contributed by atoms with Gasteiger partial charge in [-0.2, -0.15) is 0 Å². The number of anilines is 1. The number of ketones is 1. The molecule has 0 unspecified atom stereocenters. The van der Waals surface area contributed by atoms with Crippen molar-refractivity contribution in [2.24, 2.45) is 0 Å². The summed E-state index contributed by atoms with van der Waals surface area (Å²) in [6.07, 6.45) is 1.52. The number of benzene rings is 2. The lowest BCUT2D eigenvalue weighted by Crippen LogP contribution is -2.02. The Bertz CT molecular complexity index is 853. The molecule has 106 valence electrons. The molecule has 0 radical (unpaired) electrons. The van der Waals surface area contributed by atoms with Gasteiger partial charge in [0.1, 0.15) is 5.82 Å². The topological polar surface area (TPSA) is 58.9 Å². The van der Waals surface area contributed by atoms with Crippen LogP contribution in [0.25, 0.3) is 10.9 Å². The molecule has 0 saturated carbocycles. The summed E-state index contributed by atoms with van der Waals surface area (Å²) in [6.45, 7) is 0. The van der Waals surface area contributed by atoms with Gasteiger partial charge < -0.3 is 10.7 Å². The molecule has 1 heterocycles. The summed E-state index contributed by atoms with van der Waals surface area (Å²) < 4.78 is 13.4. The summed E-state index contributed by atoms with van der Waals surface area (Å²) in [5.74, 6) is -0.927. The third-order valence-corrected chi connectivity index (χ3v) is 3.64. The molecule has 0 spiro atoms. The van der Waals surface area contributed by atoms with Gasteiger partial charge in [-0.25, -0.2) is 4.39 Å². The van der Waals surface area contributed by atoms with E-state index in [4.69, 9.17) is 28.9 Å². The Labute approximate surface area is 129 Å². The molecule has 3 rings (SSSR count). The van der Waals surface area contributed by atoms with Crippen LogP contribution in [-0.2, 0) is 0 Å². The number of rotatable bonds is 2. The maximum Gasteiger partial charge on any atom is 0.195 e. The van der Waals surface area contributed by atoms with Crippen molar-refractivity contribution in [2.75, 3.05) is 5.73 Å². The Morgan fingerprint density at radius 2 is 1.90 bits per heavy atom. The second-order valence-electron chi connectivity index (χ2n) is 4.61. The molecular weight excluding hydrogens is 314 g/mol. The number of hydrogen-bond donors (Lipinski definition) is 2. The zero-order chi connectivity index (χ0) is 15.1. The molecule has 0 fully saturated rings. The summed E-state index contributed by atoms with van der Waals surface area (Å²) in [6, 6.07) is 6.93. The predicted octanol–water partition coefficient (Wildman–Crippen LogP) is 4.43. The highest BCUT2D eigenvalue weighted by molar-refractivity contribution is 6.40. The van der Waals surface area contributed by atoms with Gasteiger partial charge >= 0.3 is 0 Å². The minimum absolute atomic E-state index is 0.166. The lowest BCUT2D eigenvalue weighted by atomic mass is 10.0. The van der Waals surface area contributed by atoms with Crippen molar-refractivity contribution >= 4 is 45.6 Å². The fourth-order valence-electron chi connectivity index (χ4n) is 2.26. The number of carbonyl (C=O) groups is 1. The molecule has 0 bridgehead atoms. The monoisotopic (exact) mass is 322 g/mol. The van der Waals surface area contributed by atoms with Crippen LogP contribution in [0.5, 0.6) is 0 Å². The quantitative estimate of drug-likeness (QED) is 0.541. The molecule has 0 aliphatic heterocycles. The number of carbonyl (C=O) groups excluding carboxylic acids is 1. The van der Waals surface area contributed by atoms with Crippen LogP contribution < -0.4 is 5.73 Å². The van der Waals surface area contributed by atoms with Crippen molar-refractivity contribution in [1.29, 1.82) is 0 Å². The minimum atomic E-state index is -0.563. The normalized spacial score (nSPS) is 11.0. The molecule has 6 heteroatoms. The average Bonchev–Trinajstić information content (AvgIpc) is 2.80. The number of aromatic nitrogens is 1. The lowest BCUT2D eigenvalue weighted by Gasteiger charge is -2.03. The summed E-state index contributed by atoms with van der Waals surface area (Å²) >= 11 is 12.1. The van der Waals surface area contributed by atoms with E-state index in [2.05, 4.69) is 4.98 Å². The Kier molecular flexibility index (Phi) is 3.35. The van der Waals surface area contributed by atoms with E-state index in [0.717, 1.165) is 12.1 Å². The molecule has 0 atom stereocenters. The number of halogens is 3. The average molecular weight is 323 g/mol. The first-order valence-corrected chi connectivity index (χ1v) is 6.78. The summed E-state index contributed by atoms with van der Waals surface area (Å²) in [4.78, 5) is 15.5. The summed E-state index contributed by atoms with van der Waals surface area (Å²) in [5, 5.41) is 1.36. The smallest absolute Gasteiger partial charge is 0.195 e. The van der Waals surface area contributed by atoms with Gasteiger partial charge in [-0.3, -0.25) is 4.79 Å². The third-order valence-electron chi connectivity index (χ3n) is 3.12. The molecule has 0 saturated heterocycles. The fourth-order valence-corrected chi connectivity index (χ4v) is 2.86. The maximum absolute atomic E-state index is 13.4. The molecule has 2 aromatic carbocycles. The van der Waals surface area contributed by atoms with E-state index < -0.39 is 5.82 Å². The Hall–Kier alpha value is -2.04. The zero-order valence-electron chi connectivity index (χ0n) is 10.6. The second kappa shape index (κ2) is 5.06. The van der Waals surface area contributed by atoms with Gasteiger partial charge in [-0.05, 0) is 30.3 Å². The van der Waals surface area contributed by atoms with Crippen molar-refractivity contribution in [1.82, 2.24) is 4.98 Å². The fraction of sp³-hybridized carbons (Fsp3) is 0. The van der Waals surface area contributed by atoms with Gasteiger partial charge in [0, 0.05) is 38.9 Å². The molecule has 3 nitrogen and oxygen atoms in total. The largest absolute Gasteiger partial charge is 0.399 e. The Morgan fingerprint density at radius 3 is 2.62 bits per heavy atom. The van der Waals surface area contributed by atoms with E-state index in [9.17, 15) is 9.18 Å². The SMILES string of the molecule is Nc1cc(F)cc(C(=O)c2c[nH]c3cc(Cl)cc(Cl)c23)c1. The summed E-state index contributed by atoms with van der Waals surface area (Å²) in [5.41, 5.74) is 6.91. The minimum Gasteiger partial charge on any atom is -0.399 e. The van der Waals surface area contributed by atoms with Crippen molar-refractivity contribution in [3.8, 4) is 0 Å². The van der Waals surface area contributed by atoms with E-state index in [-0.39, 0.29) is 17.0 Å². The van der Waals surface area contributed by atoms with Crippen molar-refractivity contribution in [3.63, 3.8) is 0 Å². The van der Waals surface area contributed by atoms with Crippen molar-refractivity contribution < 1.29 is 9.18 Å². The van der Waals surface area contributed by atoms with Crippen LogP contribution >= 0.6 is 23.2 Å². The zero-order valence-corrected chi connectivity index (χ0v) is 12.1. The van der Waals surface area contributed by atoms with Crippen molar-refractivity contribution in [2.45, 2.75) is 0 Å². The van der Waals surface area contributed by atoms with Gasteiger partial charge in [0.15, 0.2) is 5.78 Å². The van der Waals surface area contributed by atoms with Gasteiger partial charge in [-0.1, -0.05) is 23.2 Å². The van der Waals surface area contributed by atoms with E-state index in [1.54, 1.807) is 12.1 Å². The van der Waals surface area contributed by atoms with Gasteiger partial charge in [0.2, 0.25) is 0 Å². The first kappa shape index (κ1) is 13.9. The van der Waals surface area contributed by atoms with Gasteiger partial charge in [-0.15, -0.1) is 0 Å². The van der Waals surface area contributed by atoms with Crippen LogP contribution in [0.3, 0.4) is 0 Å². The molecule has 0 aliphatic rings. The lowest BCUT2D eigenvalue weighted by molar-refractivity contribution is 0.104. The number of H-pyrrole nitrogens is 1. The molecule has 1 aromatic heterocycles. The second-order valence-corrected chi connectivity index (χ2v) is 5.46. The first-order valence-electron chi connectivity index (χ1n) is 6.02. The van der Waals surface area contributed by atoms with Crippen molar-refractivity contribution in [3.05, 3.63) is 63.5 Å². The number of nitrogen functional groups attached to an aromatic ring is 1. The molecule has 0 amide bonds. The third kappa shape index (κ3) is 2.48. The molecule has 3 aromatic rings. The predicted molar refractivity (Wildman–Crippen MR) is 82.6 cm³/mol. The van der Waals surface area contributed by atoms with Crippen LogP contribution in [0.2, 0.25) is 10.0 Å². The summed E-state index contributed by atoms with van der Waals surface area (Å²) in [7, 11) is 0. The van der Waals surface area contributed by atoms with Crippen LogP contribution in [-0.4, -0.2) is 10.8 Å². The van der Waals surface area contributed by atoms with E-state index in [1.165, 1.54) is 12.3 Å². The number of nitrogens with one attached hydrogen (secondary N) is 1. The van der Waals surface area contributed by atoms with Crippen LogP contribution in [0, 0.1) is 5.82 Å². The van der Waals surface area contributed by atoms with Gasteiger partial charge in [0.05, 0.1) is 5.02 Å². The number of aromatic amines is 1. The Morgan fingerprint density at radius 1 is 1.14 bits per heavy atom. The highest BCUT2D eigenvalue weighted by Gasteiger charge is 2.18.